The highest BCUT2D eigenvalue weighted by atomic mass is 32.2. The van der Waals surface area contributed by atoms with Gasteiger partial charge in [-0.25, -0.2) is 8.42 Å². The van der Waals surface area contributed by atoms with E-state index in [0.717, 1.165) is 10.9 Å². The summed E-state index contributed by atoms with van der Waals surface area (Å²) in [5.74, 6) is -0.0522. The van der Waals surface area contributed by atoms with Gasteiger partial charge in [-0.05, 0) is 29.7 Å². The van der Waals surface area contributed by atoms with E-state index in [1.807, 2.05) is 5.38 Å². The minimum Gasteiger partial charge on any atom is -0.384 e. The number of sulfonamides is 1. The smallest absolute Gasteiger partial charge is 0.234 e. The Morgan fingerprint density at radius 3 is 3.06 bits per heavy atom. The van der Waals surface area contributed by atoms with Crippen molar-refractivity contribution in [1.82, 2.24) is 4.37 Å². The molecular weight excluding hydrogens is 260 g/mol. The van der Waals surface area contributed by atoms with Crippen molar-refractivity contribution in [3.63, 3.8) is 0 Å². The van der Waals surface area contributed by atoms with Crippen molar-refractivity contribution in [3.8, 4) is 0 Å². The van der Waals surface area contributed by atoms with Crippen LogP contribution < -0.4 is 4.72 Å². The number of nitrogens with one attached hydrogen (secondary N) is 1. The van der Waals surface area contributed by atoms with Gasteiger partial charge in [-0.2, -0.15) is 4.37 Å². The Hall–Kier alpha value is -1.18. The molecule has 0 saturated heterocycles. The maximum atomic E-state index is 11.6. The molecule has 1 aromatic carbocycles. The fourth-order valence-electron chi connectivity index (χ4n) is 1.36. The van der Waals surface area contributed by atoms with Crippen LogP contribution in [0.5, 0.6) is 0 Å². The number of hydrogen-bond acceptors (Lipinski definition) is 5. The van der Waals surface area contributed by atoms with Crippen LogP contribution in [0, 0.1) is 0 Å². The Morgan fingerprint density at radius 2 is 2.29 bits per heavy atom. The summed E-state index contributed by atoms with van der Waals surface area (Å²) in [6.45, 7) is 0.178. The topological polar surface area (TPSA) is 68.3 Å². The van der Waals surface area contributed by atoms with Crippen LogP contribution in [0.25, 0.3) is 10.9 Å². The summed E-state index contributed by atoms with van der Waals surface area (Å²) in [5.41, 5.74) is 1.42. The molecule has 0 aliphatic heterocycles. The van der Waals surface area contributed by atoms with Crippen molar-refractivity contribution < 1.29 is 13.2 Å². The van der Waals surface area contributed by atoms with Crippen molar-refractivity contribution in [2.75, 3.05) is 24.2 Å². The summed E-state index contributed by atoms with van der Waals surface area (Å²) in [7, 11) is -1.87. The van der Waals surface area contributed by atoms with Crippen LogP contribution in [0.15, 0.2) is 23.6 Å². The number of nitrogens with zero attached hydrogens (tertiary/aromatic N) is 1. The number of anilines is 1. The van der Waals surface area contributed by atoms with E-state index in [-0.39, 0.29) is 12.4 Å². The molecule has 0 spiro atoms. The lowest BCUT2D eigenvalue weighted by molar-refractivity contribution is 0.217. The molecule has 5 nitrogen and oxygen atoms in total. The number of methoxy groups -OCH3 is 1. The van der Waals surface area contributed by atoms with E-state index >= 15 is 0 Å². The van der Waals surface area contributed by atoms with Crippen LogP contribution in [0.1, 0.15) is 0 Å². The molecule has 7 heteroatoms. The monoisotopic (exact) mass is 272 g/mol. The van der Waals surface area contributed by atoms with Gasteiger partial charge in [-0.1, -0.05) is 0 Å². The van der Waals surface area contributed by atoms with E-state index in [0.29, 0.717) is 5.69 Å². The zero-order valence-electron chi connectivity index (χ0n) is 9.21. The summed E-state index contributed by atoms with van der Waals surface area (Å²) in [6, 6.07) is 5.26. The second-order valence-corrected chi connectivity index (χ2v) is 5.97. The molecule has 17 heavy (non-hydrogen) atoms. The van der Waals surface area contributed by atoms with Crippen LogP contribution >= 0.6 is 11.5 Å². The first-order valence-corrected chi connectivity index (χ1v) is 7.43. The molecule has 0 bridgehead atoms. The quantitative estimate of drug-likeness (QED) is 0.899. The normalized spacial score (nSPS) is 11.8. The van der Waals surface area contributed by atoms with E-state index in [9.17, 15) is 8.42 Å². The molecular formula is C10H12N2O3S2. The third-order valence-electron chi connectivity index (χ3n) is 2.19. The molecule has 0 radical (unpaired) electrons. The first kappa shape index (κ1) is 12.3. The van der Waals surface area contributed by atoms with Crippen LogP contribution in [0.2, 0.25) is 0 Å². The number of fused-ring (bicyclic) bond motifs is 1. The second-order valence-electron chi connectivity index (χ2n) is 3.50. The van der Waals surface area contributed by atoms with Gasteiger partial charge in [0.2, 0.25) is 10.0 Å². The van der Waals surface area contributed by atoms with E-state index in [4.69, 9.17) is 4.74 Å². The molecule has 0 amide bonds. The second kappa shape index (κ2) is 4.99. The Morgan fingerprint density at radius 1 is 1.47 bits per heavy atom. The van der Waals surface area contributed by atoms with Crippen LogP contribution in [-0.4, -0.2) is 32.3 Å². The summed E-state index contributed by atoms with van der Waals surface area (Å²) >= 11 is 1.35. The Bertz CT molecular complexity index is 607. The van der Waals surface area contributed by atoms with Crippen molar-refractivity contribution in [2.45, 2.75) is 0 Å². The van der Waals surface area contributed by atoms with Gasteiger partial charge in [0, 0.05) is 23.6 Å². The SMILES string of the molecule is COCCS(=O)(=O)Nc1ccc2nscc2c1. The molecule has 0 aliphatic rings. The van der Waals surface area contributed by atoms with Gasteiger partial charge in [0.25, 0.3) is 0 Å². The number of hydrogen-bond donors (Lipinski definition) is 1. The zero-order valence-corrected chi connectivity index (χ0v) is 10.8. The Kier molecular flexibility index (Phi) is 3.60. The molecule has 92 valence electrons. The van der Waals surface area contributed by atoms with Gasteiger partial charge < -0.3 is 4.74 Å². The van der Waals surface area contributed by atoms with Crippen molar-refractivity contribution in [3.05, 3.63) is 23.6 Å². The summed E-state index contributed by atoms with van der Waals surface area (Å²) in [5, 5.41) is 2.81. The third-order valence-corrected chi connectivity index (χ3v) is 4.10. The molecule has 2 aromatic rings. The molecule has 2 rings (SSSR count). The third kappa shape index (κ3) is 3.15. The fraction of sp³-hybridized carbons (Fsp3) is 0.300. The number of benzene rings is 1. The summed E-state index contributed by atoms with van der Waals surface area (Å²) < 4.78 is 34.7. The average Bonchev–Trinajstić information content (AvgIpc) is 2.73. The molecule has 1 aromatic heterocycles. The van der Waals surface area contributed by atoms with Crippen molar-refractivity contribution >= 4 is 38.1 Å². The zero-order chi connectivity index (χ0) is 12.3. The molecule has 0 aliphatic carbocycles. The lowest BCUT2D eigenvalue weighted by atomic mass is 10.2. The average molecular weight is 272 g/mol. The van der Waals surface area contributed by atoms with Gasteiger partial charge in [-0.3, -0.25) is 4.72 Å². The van der Waals surface area contributed by atoms with Crippen LogP contribution in [0.3, 0.4) is 0 Å². The largest absolute Gasteiger partial charge is 0.384 e. The lowest BCUT2D eigenvalue weighted by Gasteiger charge is -2.07. The molecule has 1 heterocycles. The van der Waals surface area contributed by atoms with Gasteiger partial charge in [0.1, 0.15) is 0 Å². The standard InChI is InChI=1S/C10H12N2O3S2/c1-15-4-5-17(13,14)12-9-2-3-10-8(6-9)7-16-11-10/h2-3,6-7,12H,4-5H2,1H3. The van der Waals surface area contributed by atoms with E-state index in [1.54, 1.807) is 18.2 Å². The van der Waals surface area contributed by atoms with E-state index in [1.165, 1.54) is 18.6 Å². The molecule has 1 N–H and O–H groups in total. The maximum Gasteiger partial charge on any atom is 0.234 e. The summed E-state index contributed by atoms with van der Waals surface area (Å²) in [6.07, 6.45) is 0. The molecule has 0 saturated carbocycles. The highest BCUT2D eigenvalue weighted by Crippen LogP contribution is 2.20. The Balaban J connectivity index is 2.17. The van der Waals surface area contributed by atoms with E-state index < -0.39 is 10.0 Å². The van der Waals surface area contributed by atoms with Crippen molar-refractivity contribution in [2.24, 2.45) is 0 Å². The van der Waals surface area contributed by atoms with Gasteiger partial charge in [0.05, 0.1) is 17.9 Å². The van der Waals surface area contributed by atoms with Gasteiger partial charge in [0.15, 0.2) is 0 Å². The molecule has 0 unspecified atom stereocenters. The number of ether oxygens (including phenoxy) is 1. The Labute approximate surface area is 104 Å². The predicted octanol–water partition coefficient (Wildman–Crippen LogP) is 1.68. The van der Waals surface area contributed by atoms with Crippen LogP contribution in [0.4, 0.5) is 5.69 Å². The fourth-order valence-corrected chi connectivity index (χ4v) is 2.97. The van der Waals surface area contributed by atoms with Crippen LogP contribution in [-0.2, 0) is 14.8 Å². The highest BCUT2D eigenvalue weighted by Gasteiger charge is 2.10. The molecule has 0 fully saturated rings. The number of rotatable bonds is 5. The number of aromatic nitrogens is 1. The lowest BCUT2D eigenvalue weighted by Crippen LogP contribution is -2.19. The molecule has 0 atom stereocenters. The highest BCUT2D eigenvalue weighted by molar-refractivity contribution is 7.92. The first-order valence-electron chi connectivity index (χ1n) is 4.94. The maximum absolute atomic E-state index is 11.6. The van der Waals surface area contributed by atoms with E-state index in [2.05, 4.69) is 9.10 Å². The minimum atomic E-state index is -3.34. The van der Waals surface area contributed by atoms with Crippen molar-refractivity contribution in [1.29, 1.82) is 0 Å². The van der Waals surface area contributed by atoms with Gasteiger partial charge in [-0.15, -0.1) is 0 Å². The predicted molar refractivity (Wildman–Crippen MR) is 68.9 cm³/mol. The summed E-state index contributed by atoms with van der Waals surface area (Å²) in [4.78, 5) is 0. The first-order chi connectivity index (χ1) is 8.11. The minimum absolute atomic E-state index is 0.0522. The van der Waals surface area contributed by atoms with Gasteiger partial charge >= 0.3 is 0 Å².